The Kier molecular flexibility index (Phi) is 6.01. The van der Waals surface area contributed by atoms with Crippen LogP contribution in [0, 0.1) is 0 Å². The second kappa shape index (κ2) is 7.91. The van der Waals surface area contributed by atoms with Crippen molar-refractivity contribution in [1.29, 1.82) is 0 Å². The molecule has 2 aromatic carbocycles. The highest BCUT2D eigenvalue weighted by molar-refractivity contribution is 5.97. The van der Waals surface area contributed by atoms with Gasteiger partial charge in [-0.15, -0.1) is 0 Å². The first kappa shape index (κ1) is 21.3. The number of amides is 2. The van der Waals surface area contributed by atoms with Crippen molar-refractivity contribution in [2.75, 3.05) is 0 Å². The van der Waals surface area contributed by atoms with Gasteiger partial charge in [0.1, 0.15) is 6.04 Å². The molecule has 2 amide bonds. The molecule has 0 saturated carbocycles. The Balaban J connectivity index is 2.10. The largest absolute Gasteiger partial charge is 0.416 e. The van der Waals surface area contributed by atoms with Gasteiger partial charge in [0.15, 0.2) is 0 Å². The molecule has 0 aromatic heterocycles. The van der Waals surface area contributed by atoms with Gasteiger partial charge in [0.25, 0.3) is 5.91 Å². The summed E-state index contributed by atoms with van der Waals surface area (Å²) in [5.41, 5.74) is 3.57. The highest BCUT2D eigenvalue weighted by atomic mass is 19.4. The van der Waals surface area contributed by atoms with Crippen molar-refractivity contribution in [2.45, 2.75) is 24.8 Å². The van der Waals surface area contributed by atoms with Gasteiger partial charge in [-0.05, 0) is 42.0 Å². The molecule has 3 N–H and O–H groups in total. The highest BCUT2D eigenvalue weighted by Gasteiger charge is 2.31. The molecular formula is C18H14F6N2O2. The summed E-state index contributed by atoms with van der Waals surface area (Å²) in [4.78, 5) is 23.7. The monoisotopic (exact) mass is 404 g/mol. The summed E-state index contributed by atoms with van der Waals surface area (Å²) in [6, 6.07) is 5.98. The van der Waals surface area contributed by atoms with E-state index in [1.54, 1.807) is 0 Å². The summed E-state index contributed by atoms with van der Waals surface area (Å²) in [5.74, 6) is -1.79. The molecule has 0 aliphatic carbocycles. The molecule has 28 heavy (non-hydrogen) atoms. The number of hydrogen-bond acceptors (Lipinski definition) is 2. The standard InChI is InChI=1S/C18H14F6N2O2/c19-17(20,21)12-5-1-10(2-6-12)9-14(15(25)27)26-16(28)11-3-7-13(8-4-11)18(22,23)24/h1-8,14H,9H2,(H2,25,27)(H,26,28)/t14-/m1/s1. The first-order valence-corrected chi connectivity index (χ1v) is 7.81. The predicted octanol–water partition coefficient (Wildman–Crippen LogP) is 3.55. The maximum atomic E-state index is 12.6. The minimum atomic E-state index is -4.56. The Bertz CT molecular complexity index is 842. The summed E-state index contributed by atoms with van der Waals surface area (Å²) in [6.07, 6.45) is -9.26. The Morgan fingerprint density at radius 2 is 1.25 bits per heavy atom. The Labute approximate surface area is 155 Å². The molecule has 0 spiro atoms. The zero-order valence-corrected chi connectivity index (χ0v) is 14.1. The maximum Gasteiger partial charge on any atom is 0.416 e. The van der Waals surface area contributed by atoms with E-state index in [1.807, 2.05) is 0 Å². The van der Waals surface area contributed by atoms with Crippen molar-refractivity contribution in [3.63, 3.8) is 0 Å². The summed E-state index contributed by atoms with van der Waals surface area (Å²) < 4.78 is 75.4. The first-order valence-electron chi connectivity index (χ1n) is 7.81. The number of carbonyl (C=O) groups excluding carboxylic acids is 2. The van der Waals surface area contributed by atoms with Crippen molar-refractivity contribution in [3.8, 4) is 0 Å². The SMILES string of the molecule is NC(=O)[C@@H](Cc1ccc(C(F)(F)F)cc1)NC(=O)c1ccc(C(F)(F)F)cc1. The lowest BCUT2D eigenvalue weighted by Crippen LogP contribution is -2.45. The summed E-state index contributed by atoms with van der Waals surface area (Å²) >= 11 is 0. The lowest BCUT2D eigenvalue weighted by atomic mass is 10.0. The van der Waals surface area contributed by atoms with Crippen LogP contribution < -0.4 is 11.1 Å². The fraction of sp³-hybridized carbons (Fsp3) is 0.222. The van der Waals surface area contributed by atoms with Crippen molar-refractivity contribution in [1.82, 2.24) is 5.32 Å². The fourth-order valence-electron chi connectivity index (χ4n) is 2.34. The van der Waals surface area contributed by atoms with Crippen LogP contribution in [-0.4, -0.2) is 17.9 Å². The quantitative estimate of drug-likeness (QED) is 0.749. The maximum absolute atomic E-state index is 12.6. The Hall–Kier alpha value is -3.04. The van der Waals surface area contributed by atoms with Crippen LogP contribution in [0.15, 0.2) is 48.5 Å². The van der Waals surface area contributed by atoms with Crippen molar-refractivity contribution < 1.29 is 35.9 Å². The van der Waals surface area contributed by atoms with Crippen LogP contribution in [0.1, 0.15) is 27.0 Å². The van der Waals surface area contributed by atoms with Crippen molar-refractivity contribution in [3.05, 3.63) is 70.8 Å². The molecule has 4 nitrogen and oxygen atoms in total. The van der Waals surface area contributed by atoms with Gasteiger partial charge in [0, 0.05) is 12.0 Å². The minimum absolute atomic E-state index is 0.133. The van der Waals surface area contributed by atoms with Crippen LogP contribution in [0.4, 0.5) is 26.3 Å². The lowest BCUT2D eigenvalue weighted by Gasteiger charge is -2.16. The Morgan fingerprint density at radius 3 is 1.64 bits per heavy atom. The molecule has 0 radical (unpaired) electrons. The molecule has 10 heteroatoms. The average molecular weight is 404 g/mol. The van der Waals surface area contributed by atoms with Gasteiger partial charge >= 0.3 is 12.4 Å². The minimum Gasteiger partial charge on any atom is -0.368 e. The number of halogens is 6. The van der Waals surface area contributed by atoms with Gasteiger partial charge in [-0.25, -0.2) is 0 Å². The summed E-state index contributed by atoms with van der Waals surface area (Å²) in [5, 5.41) is 2.27. The van der Waals surface area contributed by atoms with Gasteiger partial charge in [0.05, 0.1) is 11.1 Å². The second-order valence-electron chi connectivity index (χ2n) is 5.90. The molecule has 0 bridgehead atoms. The third-order valence-electron chi connectivity index (χ3n) is 3.84. The zero-order valence-electron chi connectivity index (χ0n) is 14.1. The molecule has 1 atom stereocenters. The van der Waals surface area contributed by atoms with E-state index in [0.717, 1.165) is 36.4 Å². The second-order valence-corrected chi connectivity index (χ2v) is 5.90. The first-order chi connectivity index (χ1) is 12.9. The van der Waals surface area contributed by atoms with E-state index in [2.05, 4.69) is 5.32 Å². The lowest BCUT2D eigenvalue weighted by molar-refractivity contribution is -0.138. The number of nitrogens with one attached hydrogen (secondary N) is 1. The van der Waals surface area contributed by atoms with Crippen LogP contribution in [0.5, 0.6) is 0 Å². The number of rotatable bonds is 5. The molecule has 2 rings (SSSR count). The smallest absolute Gasteiger partial charge is 0.368 e. The van der Waals surface area contributed by atoms with E-state index in [9.17, 15) is 35.9 Å². The molecule has 0 heterocycles. The predicted molar refractivity (Wildman–Crippen MR) is 87.0 cm³/mol. The summed E-state index contributed by atoms with van der Waals surface area (Å²) in [6.45, 7) is 0. The van der Waals surface area contributed by atoms with Crippen LogP contribution >= 0.6 is 0 Å². The molecule has 0 unspecified atom stereocenters. The van der Waals surface area contributed by atoms with Crippen molar-refractivity contribution in [2.24, 2.45) is 5.73 Å². The number of nitrogens with two attached hydrogens (primary N) is 1. The molecule has 0 saturated heterocycles. The van der Waals surface area contributed by atoms with Crippen LogP contribution in [-0.2, 0) is 23.6 Å². The normalized spacial score (nSPS) is 13.1. The van der Waals surface area contributed by atoms with E-state index < -0.39 is 41.3 Å². The van der Waals surface area contributed by atoms with Gasteiger partial charge in [-0.2, -0.15) is 26.3 Å². The molecular weight excluding hydrogens is 390 g/mol. The van der Waals surface area contributed by atoms with Gasteiger partial charge in [-0.1, -0.05) is 12.1 Å². The Morgan fingerprint density at radius 1 is 0.821 bits per heavy atom. The van der Waals surface area contributed by atoms with Crippen LogP contribution in [0.3, 0.4) is 0 Å². The number of primary amides is 1. The van der Waals surface area contributed by atoms with Crippen LogP contribution in [0.25, 0.3) is 0 Å². The topological polar surface area (TPSA) is 72.2 Å². The van der Waals surface area contributed by atoms with Gasteiger partial charge in [-0.3, -0.25) is 9.59 Å². The van der Waals surface area contributed by atoms with E-state index in [-0.39, 0.29) is 12.0 Å². The number of benzene rings is 2. The number of hydrogen-bond donors (Lipinski definition) is 2. The van der Waals surface area contributed by atoms with Gasteiger partial charge in [0.2, 0.25) is 5.91 Å². The molecule has 0 aliphatic rings. The summed E-state index contributed by atoms with van der Waals surface area (Å²) in [7, 11) is 0. The third kappa shape index (κ3) is 5.48. The molecule has 150 valence electrons. The third-order valence-corrected chi connectivity index (χ3v) is 3.84. The van der Waals surface area contributed by atoms with Crippen molar-refractivity contribution >= 4 is 11.8 Å². The van der Waals surface area contributed by atoms with E-state index in [4.69, 9.17) is 5.73 Å². The average Bonchev–Trinajstić information content (AvgIpc) is 2.60. The van der Waals surface area contributed by atoms with Crippen LogP contribution in [0.2, 0.25) is 0 Å². The highest BCUT2D eigenvalue weighted by Crippen LogP contribution is 2.30. The van der Waals surface area contributed by atoms with E-state index >= 15 is 0 Å². The number of carbonyl (C=O) groups is 2. The molecule has 0 fully saturated rings. The zero-order chi connectivity index (χ0) is 21.1. The fourth-order valence-corrected chi connectivity index (χ4v) is 2.34. The molecule has 0 aliphatic heterocycles. The van der Waals surface area contributed by atoms with E-state index in [0.29, 0.717) is 17.7 Å². The van der Waals surface area contributed by atoms with Gasteiger partial charge < -0.3 is 11.1 Å². The molecule has 2 aromatic rings. The van der Waals surface area contributed by atoms with E-state index in [1.165, 1.54) is 0 Å². The number of alkyl halides is 6.